The maximum atomic E-state index is 12.1. The summed E-state index contributed by atoms with van der Waals surface area (Å²) in [6.45, 7) is 2.61. The Balaban J connectivity index is 1.50. The van der Waals surface area contributed by atoms with E-state index in [-0.39, 0.29) is 18.6 Å². The van der Waals surface area contributed by atoms with Gasteiger partial charge in [0, 0.05) is 11.0 Å². The molecule has 1 atom stereocenters. The van der Waals surface area contributed by atoms with Gasteiger partial charge in [-0.1, -0.05) is 15.9 Å². The number of halogens is 1. The minimum Gasteiger partial charge on any atom is -0.484 e. The van der Waals surface area contributed by atoms with Gasteiger partial charge in [-0.2, -0.15) is 0 Å². The second-order valence-corrected chi connectivity index (χ2v) is 6.74. The number of likely N-dealkylation sites (tertiary alicyclic amines) is 1. The van der Waals surface area contributed by atoms with Gasteiger partial charge in [0.1, 0.15) is 11.5 Å². The lowest BCUT2D eigenvalue weighted by Crippen LogP contribution is -2.38. The predicted molar refractivity (Wildman–Crippen MR) is 94.9 cm³/mol. The second-order valence-electron chi connectivity index (χ2n) is 5.82. The largest absolute Gasteiger partial charge is 0.484 e. The van der Waals surface area contributed by atoms with Gasteiger partial charge in [0.2, 0.25) is 0 Å². The van der Waals surface area contributed by atoms with Crippen LogP contribution in [0.2, 0.25) is 0 Å². The molecule has 128 valence electrons. The highest BCUT2D eigenvalue weighted by atomic mass is 79.9. The van der Waals surface area contributed by atoms with Crippen LogP contribution in [0.15, 0.2) is 51.6 Å². The van der Waals surface area contributed by atoms with Crippen LogP contribution < -0.4 is 10.1 Å². The lowest BCUT2D eigenvalue weighted by Gasteiger charge is -2.26. The molecule has 1 N–H and O–H groups in total. The van der Waals surface area contributed by atoms with Gasteiger partial charge in [-0.3, -0.25) is 9.69 Å². The molecule has 6 heteroatoms. The van der Waals surface area contributed by atoms with Crippen LogP contribution in [-0.4, -0.2) is 37.0 Å². The van der Waals surface area contributed by atoms with Crippen LogP contribution in [0.5, 0.6) is 5.75 Å². The average Bonchev–Trinajstić information content (AvgIpc) is 3.29. The fraction of sp³-hybridized carbons (Fsp3) is 0.389. The average molecular weight is 393 g/mol. The smallest absolute Gasteiger partial charge is 0.258 e. The molecule has 24 heavy (non-hydrogen) atoms. The number of carbonyl (C=O) groups is 1. The molecule has 1 aromatic carbocycles. The summed E-state index contributed by atoms with van der Waals surface area (Å²) in [6, 6.07) is 11.4. The molecule has 0 aliphatic carbocycles. The van der Waals surface area contributed by atoms with Crippen LogP contribution in [0.4, 0.5) is 0 Å². The topological polar surface area (TPSA) is 54.7 Å². The zero-order chi connectivity index (χ0) is 16.8. The number of ether oxygens (including phenoxy) is 1. The zero-order valence-electron chi connectivity index (χ0n) is 13.4. The Morgan fingerprint density at radius 3 is 2.67 bits per heavy atom. The first-order chi connectivity index (χ1) is 11.7. The Labute approximate surface area is 150 Å². The molecule has 2 heterocycles. The first-order valence-corrected chi connectivity index (χ1v) is 8.94. The van der Waals surface area contributed by atoms with Gasteiger partial charge in [-0.25, -0.2) is 0 Å². The van der Waals surface area contributed by atoms with E-state index in [0.29, 0.717) is 12.3 Å². The number of amides is 1. The molecule has 2 aromatic rings. The Hall–Kier alpha value is -1.79. The number of benzene rings is 1. The van der Waals surface area contributed by atoms with Crippen molar-refractivity contribution in [3.63, 3.8) is 0 Å². The first kappa shape index (κ1) is 17.0. The second kappa shape index (κ2) is 8.35. The van der Waals surface area contributed by atoms with Crippen LogP contribution in [0.1, 0.15) is 24.6 Å². The third-order valence-electron chi connectivity index (χ3n) is 4.13. The molecule has 1 saturated heterocycles. The quantitative estimate of drug-likeness (QED) is 0.784. The summed E-state index contributed by atoms with van der Waals surface area (Å²) in [5.74, 6) is 1.44. The molecule has 5 nitrogen and oxygen atoms in total. The molecular formula is C18H21BrN2O3. The molecule has 1 fully saturated rings. The van der Waals surface area contributed by atoms with Crippen molar-refractivity contribution in [2.45, 2.75) is 18.9 Å². The summed E-state index contributed by atoms with van der Waals surface area (Å²) in [4.78, 5) is 14.4. The van der Waals surface area contributed by atoms with Gasteiger partial charge in [0.15, 0.2) is 6.61 Å². The Morgan fingerprint density at radius 2 is 2.00 bits per heavy atom. The normalized spacial score (nSPS) is 16.0. The van der Waals surface area contributed by atoms with E-state index < -0.39 is 0 Å². The molecule has 0 radical (unpaired) electrons. The Kier molecular flexibility index (Phi) is 5.93. The summed E-state index contributed by atoms with van der Waals surface area (Å²) < 4.78 is 12.0. The van der Waals surface area contributed by atoms with Crippen molar-refractivity contribution in [1.82, 2.24) is 10.2 Å². The van der Waals surface area contributed by atoms with E-state index in [1.165, 1.54) is 12.8 Å². The molecule has 1 aromatic heterocycles. The van der Waals surface area contributed by atoms with E-state index in [9.17, 15) is 4.79 Å². The minimum atomic E-state index is -0.131. The Morgan fingerprint density at radius 1 is 1.25 bits per heavy atom. The van der Waals surface area contributed by atoms with Gasteiger partial charge >= 0.3 is 0 Å². The number of hydrogen-bond acceptors (Lipinski definition) is 4. The van der Waals surface area contributed by atoms with Gasteiger partial charge < -0.3 is 14.5 Å². The van der Waals surface area contributed by atoms with Crippen molar-refractivity contribution in [2.24, 2.45) is 0 Å². The van der Waals surface area contributed by atoms with Crippen molar-refractivity contribution >= 4 is 21.8 Å². The van der Waals surface area contributed by atoms with Crippen LogP contribution in [-0.2, 0) is 4.79 Å². The number of furan rings is 1. The van der Waals surface area contributed by atoms with Crippen molar-refractivity contribution in [3.05, 3.63) is 52.9 Å². The van der Waals surface area contributed by atoms with E-state index in [4.69, 9.17) is 9.15 Å². The number of hydrogen-bond donors (Lipinski definition) is 1. The molecule has 0 bridgehead atoms. The van der Waals surface area contributed by atoms with Crippen LogP contribution in [0.3, 0.4) is 0 Å². The summed E-state index contributed by atoms with van der Waals surface area (Å²) in [7, 11) is 0. The number of nitrogens with one attached hydrogen (secondary N) is 1. The number of rotatable bonds is 7. The summed E-state index contributed by atoms with van der Waals surface area (Å²) in [5.41, 5.74) is 0. The van der Waals surface area contributed by atoms with Crippen molar-refractivity contribution in [2.75, 3.05) is 26.2 Å². The summed E-state index contributed by atoms with van der Waals surface area (Å²) in [5, 5.41) is 2.95. The lowest BCUT2D eigenvalue weighted by molar-refractivity contribution is -0.123. The number of nitrogens with zero attached hydrogens (tertiary/aromatic N) is 1. The van der Waals surface area contributed by atoms with Gasteiger partial charge in [-0.05, 0) is 62.3 Å². The van der Waals surface area contributed by atoms with Gasteiger partial charge in [0.05, 0.1) is 12.3 Å². The fourth-order valence-electron chi connectivity index (χ4n) is 2.89. The van der Waals surface area contributed by atoms with Crippen LogP contribution in [0, 0.1) is 0 Å². The molecule has 0 saturated carbocycles. The standard InChI is InChI=1S/C18H21BrN2O3/c19-14-5-7-15(8-6-14)24-13-18(22)20-12-16(17-4-3-11-23-17)21-9-1-2-10-21/h3-8,11,16H,1-2,9-10,12-13H2,(H,20,22). The van der Waals surface area contributed by atoms with Crippen LogP contribution in [0.25, 0.3) is 0 Å². The molecule has 0 spiro atoms. The highest BCUT2D eigenvalue weighted by Crippen LogP contribution is 2.24. The van der Waals surface area contributed by atoms with E-state index in [0.717, 1.165) is 23.3 Å². The first-order valence-electron chi connectivity index (χ1n) is 8.15. The van der Waals surface area contributed by atoms with Crippen molar-refractivity contribution < 1.29 is 13.9 Å². The monoisotopic (exact) mass is 392 g/mol. The SMILES string of the molecule is O=C(COc1ccc(Br)cc1)NCC(c1ccco1)N1CCCC1. The maximum Gasteiger partial charge on any atom is 0.258 e. The predicted octanol–water partition coefficient (Wildman–Crippen LogP) is 3.37. The van der Waals surface area contributed by atoms with Crippen molar-refractivity contribution in [1.29, 1.82) is 0 Å². The summed E-state index contributed by atoms with van der Waals surface area (Å²) >= 11 is 3.37. The highest BCUT2D eigenvalue weighted by molar-refractivity contribution is 9.10. The van der Waals surface area contributed by atoms with Gasteiger partial charge in [0.25, 0.3) is 5.91 Å². The van der Waals surface area contributed by atoms with E-state index in [1.807, 2.05) is 36.4 Å². The summed E-state index contributed by atoms with van der Waals surface area (Å²) in [6.07, 6.45) is 4.06. The molecule has 1 aliphatic rings. The molecule has 3 rings (SSSR count). The maximum absolute atomic E-state index is 12.1. The van der Waals surface area contributed by atoms with E-state index in [2.05, 4.69) is 26.1 Å². The van der Waals surface area contributed by atoms with E-state index in [1.54, 1.807) is 6.26 Å². The fourth-order valence-corrected chi connectivity index (χ4v) is 3.15. The molecule has 1 aliphatic heterocycles. The third-order valence-corrected chi connectivity index (χ3v) is 4.66. The molecular weight excluding hydrogens is 372 g/mol. The van der Waals surface area contributed by atoms with Crippen molar-refractivity contribution in [3.8, 4) is 5.75 Å². The van der Waals surface area contributed by atoms with Crippen LogP contribution >= 0.6 is 15.9 Å². The lowest BCUT2D eigenvalue weighted by atomic mass is 10.2. The highest BCUT2D eigenvalue weighted by Gasteiger charge is 2.25. The Bertz CT molecular complexity index is 637. The van der Waals surface area contributed by atoms with E-state index >= 15 is 0 Å². The minimum absolute atomic E-state index is 0.00646. The zero-order valence-corrected chi connectivity index (χ0v) is 15.0. The van der Waals surface area contributed by atoms with Gasteiger partial charge in [-0.15, -0.1) is 0 Å². The number of carbonyl (C=O) groups excluding carboxylic acids is 1. The molecule has 1 unspecified atom stereocenters. The third kappa shape index (κ3) is 4.61. The molecule has 1 amide bonds.